The van der Waals surface area contributed by atoms with E-state index in [1.54, 1.807) is 0 Å². The normalized spacial score (nSPS) is 36.7. The molecule has 0 spiro atoms. The molecule has 0 aliphatic carbocycles. The average Bonchev–Trinajstić information content (AvgIpc) is 2.14. The molecule has 0 aromatic carbocycles. The maximum absolute atomic E-state index is 6.87. The molecule has 0 amide bonds. The van der Waals surface area contributed by atoms with Gasteiger partial charge >= 0.3 is 0 Å². The van der Waals surface area contributed by atoms with Crippen LogP contribution in [0.2, 0.25) is 0 Å². The van der Waals surface area contributed by atoms with Gasteiger partial charge in [-0.2, -0.15) is 0 Å². The van der Waals surface area contributed by atoms with E-state index in [0.29, 0.717) is 6.90 Å². The zero-order valence-electron chi connectivity index (χ0n) is 4.81. The highest BCUT2D eigenvalue weighted by Crippen LogP contribution is 2.09. The summed E-state index contributed by atoms with van der Waals surface area (Å²) in [5.41, 5.74) is 0. The second kappa shape index (κ2) is 1.61. The van der Waals surface area contributed by atoms with Crippen LogP contribution >= 0.6 is 0 Å². The van der Waals surface area contributed by atoms with Crippen molar-refractivity contribution in [2.24, 2.45) is 0 Å². The van der Waals surface area contributed by atoms with Crippen LogP contribution in [0.5, 0.6) is 0 Å². The Bertz CT molecular complexity index is 50.0. The highest BCUT2D eigenvalue weighted by molar-refractivity contribution is 4.56. The first kappa shape index (κ1) is 3.03. The third-order valence-electron chi connectivity index (χ3n) is 1.02. The smallest absolute Gasteiger partial charge is 0.0547 e. The van der Waals surface area contributed by atoms with Crippen molar-refractivity contribution in [3.05, 3.63) is 0 Å². The topological polar surface area (TPSA) is 9.23 Å². The molecular formula is C5H10O. The summed E-state index contributed by atoms with van der Waals surface area (Å²) in [7, 11) is 0. The number of rotatable bonds is 0. The van der Waals surface area contributed by atoms with Crippen molar-refractivity contribution < 1.29 is 6.11 Å². The van der Waals surface area contributed by atoms with Crippen LogP contribution in [-0.2, 0) is 4.74 Å². The van der Waals surface area contributed by atoms with Gasteiger partial charge in [-0.15, -0.1) is 0 Å². The van der Waals surface area contributed by atoms with Crippen LogP contribution in [0.25, 0.3) is 0 Å². The molecule has 0 bridgehead atoms. The van der Waals surface area contributed by atoms with Crippen molar-refractivity contribution in [3.8, 4) is 0 Å². The Kier molecular flexibility index (Phi) is 0.810. The minimum atomic E-state index is 0.264. The summed E-state index contributed by atoms with van der Waals surface area (Å²) in [5, 5.41) is 0. The van der Waals surface area contributed by atoms with Crippen molar-refractivity contribution in [1.29, 1.82) is 0 Å². The van der Waals surface area contributed by atoms with Crippen molar-refractivity contribution >= 4 is 0 Å². The van der Waals surface area contributed by atoms with Gasteiger partial charge in [0, 0.05) is 7.98 Å². The van der Waals surface area contributed by atoms with E-state index >= 15 is 0 Å². The molecule has 0 radical (unpaired) electrons. The van der Waals surface area contributed by atoms with E-state index in [1.807, 2.05) is 0 Å². The molecule has 1 fully saturated rings. The molecule has 1 saturated heterocycles. The fourth-order valence-electron chi connectivity index (χ4n) is 0.644. The Balaban J connectivity index is 2.14. The van der Waals surface area contributed by atoms with Crippen LogP contribution in [-0.4, -0.2) is 12.7 Å². The van der Waals surface area contributed by atoms with Gasteiger partial charge in [0.1, 0.15) is 0 Å². The Hall–Kier alpha value is -0.0400. The van der Waals surface area contributed by atoms with E-state index in [1.165, 1.54) is 0 Å². The van der Waals surface area contributed by atoms with Crippen LogP contribution in [0.1, 0.15) is 21.1 Å². The van der Waals surface area contributed by atoms with Crippen molar-refractivity contribution in [2.75, 3.05) is 6.61 Å². The van der Waals surface area contributed by atoms with Gasteiger partial charge in [0.2, 0.25) is 0 Å². The van der Waals surface area contributed by atoms with Crippen LogP contribution in [0.3, 0.4) is 0 Å². The molecule has 36 valence electrons. The third-order valence-corrected chi connectivity index (χ3v) is 1.02. The van der Waals surface area contributed by atoms with Crippen LogP contribution in [0.15, 0.2) is 0 Å². The first-order valence-corrected chi connectivity index (χ1v) is 2.34. The summed E-state index contributed by atoms with van der Waals surface area (Å²) in [6.45, 7) is 1.32. The summed E-state index contributed by atoms with van der Waals surface area (Å²) in [6.07, 6.45) is 2.52. The summed E-state index contributed by atoms with van der Waals surface area (Å²) in [4.78, 5) is 0. The minimum Gasteiger partial charge on any atom is -0.379 e. The molecule has 1 nitrogen and oxygen atoms in total. The van der Waals surface area contributed by atoms with Crippen molar-refractivity contribution in [2.45, 2.75) is 25.8 Å². The summed E-state index contributed by atoms with van der Waals surface area (Å²) >= 11 is 0. The van der Waals surface area contributed by atoms with Gasteiger partial charge in [-0.25, -0.2) is 0 Å². The fraction of sp³-hybridized carbons (Fsp3) is 1.00. The zero-order valence-corrected chi connectivity index (χ0v) is 3.81. The number of ether oxygens (including phenoxy) is 1. The summed E-state index contributed by atoms with van der Waals surface area (Å²) in [6, 6.07) is 0. The van der Waals surface area contributed by atoms with Gasteiger partial charge < -0.3 is 4.74 Å². The van der Waals surface area contributed by atoms with Gasteiger partial charge in [-0.1, -0.05) is 0 Å². The lowest BCUT2D eigenvalue weighted by atomic mass is 10.3. The zero-order chi connectivity index (χ0) is 5.11. The Morgan fingerprint density at radius 1 is 2.00 bits per heavy atom. The largest absolute Gasteiger partial charge is 0.379 e. The van der Waals surface area contributed by atoms with Crippen LogP contribution in [0.4, 0.5) is 0 Å². The van der Waals surface area contributed by atoms with E-state index in [2.05, 4.69) is 0 Å². The highest BCUT2D eigenvalue weighted by atomic mass is 16.5. The Morgan fingerprint density at radius 2 is 3.00 bits per heavy atom. The lowest BCUT2D eigenvalue weighted by molar-refractivity contribution is 0.125. The Labute approximate surface area is 39.7 Å². The first-order valence-electron chi connectivity index (χ1n) is 3.05. The quantitative estimate of drug-likeness (QED) is 0.432. The molecule has 0 N–H and O–H groups in total. The van der Waals surface area contributed by atoms with E-state index < -0.39 is 0 Å². The summed E-state index contributed by atoms with van der Waals surface area (Å²) < 4.78 is 12.0. The molecule has 1 aliphatic rings. The second-order valence-electron chi connectivity index (χ2n) is 1.64. The van der Waals surface area contributed by atoms with Crippen LogP contribution < -0.4 is 0 Å². The first-order chi connectivity index (χ1) is 3.43. The van der Waals surface area contributed by atoms with Crippen LogP contribution in [0, 0.1) is 0 Å². The standard InChI is InChI=1S/C5H10O/c1-5-3-2-4-6-5/h5H,2-4H2,1H3/i1T. The van der Waals surface area contributed by atoms with Gasteiger partial charge in [-0.05, 0) is 19.7 Å². The van der Waals surface area contributed by atoms with E-state index in [0.717, 1.165) is 19.4 Å². The van der Waals surface area contributed by atoms with E-state index in [-0.39, 0.29) is 6.10 Å². The molecule has 1 rings (SSSR count). The molecule has 1 atom stereocenters. The van der Waals surface area contributed by atoms with Crippen molar-refractivity contribution in [1.82, 2.24) is 0 Å². The predicted molar refractivity (Wildman–Crippen MR) is 24.6 cm³/mol. The lowest BCUT2D eigenvalue weighted by Crippen LogP contribution is -1.94. The van der Waals surface area contributed by atoms with Gasteiger partial charge in [-0.3, -0.25) is 0 Å². The SMILES string of the molecule is [3H]CC1CCCO1. The molecule has 1 heterocycles. The Morgan fingerprint density at radius 3 is 3.33 bits per heavy atom. The van der Waals surface area contributed by atoms with Gasteiger partial charge in [0.25, 0.3) is 0 Å². The molecular weight excluding hydrogens is 76.1 g/mol. The second-order valence-corrected chi connectivity index (χ2v) is 1.64. The summed E-state index contributed by atoms with van der Waals surface area (Å²) in [5.74, 6) is 0. The molecule has 0 aromatic heterocycles. The number of hydrogen-bond donors (Lipinski definition) is 0. The third kappa shape index (κ3) is 0.716. The van der Waals surface area contributed by atoms with Gasteiger partial charge in [0.15, 0.2) is 0 Å². The maximum Gasteiger partial charge on any atom is 0.0547 e. The molecule has 0 saturated carbocycles. The molecule has 0 aromatic rings. The molecule has 1 heteroatoms. The predicted octanol–water partition coefficient (Wildman–Crippen LogP) is 1.19. The molecule has 1 aliphatic heterocycles. The van der Waals surface area contributed by atoms with Crippen molar-refractivity contribution in [3.63, 3.8) is 0 Å². The van der Waals surface area contributed by atoms with E-state index in [4.69, 9.17) is 6.11 Å². The van der Waals surface area contributed by atoms with E-state index in [9.17, 15) is 0 Å². The minimum absolute atomic E-state index is 0.264. The average molecular weight is 88.1 g/mol. The monoisotopic (exact) mass is 88.1 g/mol. The highest BCUT2D eigenvalue weighted by Gasteiger charge is 2.07. The lowest BCUT2D eigenvalue weighted by Gasteiger charge is -1.94. The molecule has 1 unspecified atom stereocenters. The molecule has 6 heavy (non-hydrogen) atoms. The number of hydrogen-bond acceptors (Lipinski definition) is 1. The maximum atomic E-state index is 6.87. The fourth-order valence-corrected chi connectivity index (χ4v) is 0.644. The van der Waals surface area contributed by atoms with Gasteiger partial charge in [0.05, 0.1) is 6.10 Å².